The third kappa shape index (κ3) is 2.68. The first kappa shape index (κ1) is 17.5. The van der Waals surface area contributed by atoms with E-state index in [2.05, 4.69) is 35.6 Å². The van der Waals surface area contributed by atoms with Crippen molar-refractivity contribution >= 4 is 11.5 Å². The maximum Gasteiger partial charge on any atom is 0.405 e. The highest BCUT2D eigenvalue weighted by molar-refractivity contribution is 5.63. The van der Waals surface area contributed by atoms with Gasteiger partial charge in [-0.1, -0.05) is 11.2 Å². The Balaban J connectivity index is 1.54. The summed E-state index contributed by atoms with van der Waals surface area (Å²) < 4.78 is 49.1. The van der Waals surface area contributed by atoms with E-state index in [1.165, 1.54) is 28.0 Å². The van der Waals surface area contributed by atoms with Crippen molar-refractivity contribution in [2.45, 2.75) is 18.0 Å². The van der Waals surface area contributed by atoms with Crippen LogP contribution in [0.1, 0.15) is 12.3 Å². The third-order valence-corrected chi connectivity index (χ3v) is 4.94. The zero-order valence-electron chi connectivity index (χ0n) is 14.7. The standard InChI is InChI=1S/C16H12F3N9O/c17-16(18,19)15(14-22-11(24-29-14)10-3-1-2-5-20-10)4-7-27(9-15)12-13-23-25-26-28(13)8-6-21-12/h1-3,5-6,8H,4,7,9H2. The zero-order chi connectivity index (χ0) is 20.1. The average Bonchev–Trinajstić information content (AvgIpc) is 3.46. The molecule has 1 fully saturated rings. The number of halogens is 3. The minimum Gasteiger partial charge on any atom is -0.352 e. The van der Waals surface area contributed by atoms with Gasteiger partial charge in [0.05, 0.1) is 6.20 Å². The average molecular weight is 403 g/mol. The van der Waals surface area contributed by atoms with E-state index in [9.17, 15) is 13.2 Å². The van der Waals surface area contributed by atoms with Crippen molar-refractivity contribution in [3.05, 3.63) is 42.7 Å². The Hall–Kier alpha value is -3.64. The first-order chi connectivity index (χ1) is 14.0. The molecule has 5 heterocycles. The van der Waals surface area contributed by atoms with Crippen LogP contribution in [0.5, 0.6) is 0 Å². The molecule has 1 atom stereocenters. The molecule has 0 N–H and O–H groups in total. The molecule has 0 saturated carbocycles. The van der Waals surface area contributed by atoms with Crippen molar-refractivity contribution in [3.8, 4) is 11.5 Å². The fourth-order valence-corrected chi connectivity index (χ4v) is 3.42. The van der Waals surface area contributed by atoms with E-state index >= 15 is 0 Å². The minimum absolute atomic E-state index is 0.00422. The molecule has 0 bridgehead atoms. The van der Waals surface area contributed by atoms with E-state index in [0.29, 0.717) is 5.69 Å². The van der Waals surface area contributed by atoms with E-state index in [4.69, 9.17) is 4.52 Å². The lowest BCUT2D eigenvalue weighted by Crippen LogP contribution is -2.45. The van der Waals surface area contributed by atoms with Crippen LogP contribution in [0.15, 0.2) is 41.3 Å². The summed E-state index contributed by atoms with van der Waals surface area (Å²) in [4.78, 5) is 13.7. The SMILES string of the molecule is FC(F)(F)C1(c2nc(-c3ccccn3)no2)CCN(c2nccn3nnnc23)C1. The predicted octanol–water partition coefficient (Wildman–Crippen LogP) is 1.67. The van der Waals surface area contributed by atoms with Crippen LogP contribution in [0.3, 0.4) is 0 Å². The summed E-state index contributed by atoms with van der Waals surface area (Å²) in [5.41, 5.74) is -1.74. The van der Waals surface area contributed by atoms with Gasteiger partial charge < -0.3 is 9.42 Å². The van der Waals surface area contributed by atoms with Gasteiger partial charge in [0.2, 0.25) is 17.4 Å². The number of aromatic nitrogens is 8. The van der Waals surface area contributed by atoms with Gasteiger partial charge in [-0.2, -0.15) is 22.7 Å². The van der Waals surface area contributed by atoms with Gasteiger partial charge >= 0.3 is 6.18 Å². The monoisotopic (exact) mass is 403 g/mol. The number of tetrazole rings is 1. The summed E-state index contributed by atoms with van der Waals surface area (Å²) in [6.07, 6.45) is -0.445. The summed E-state index contributed by atoms with van der Waals surface area (Å²) in [7, 11) is 0. The number of alkyl halides is 3. The third-order valence-electron chi connectivity index (χ3n) is 4.94. The highest BCUT2D eigenvalue weighted by atomic mass is 19.4. The van der Waals surface area contributed by atoms with Gasteiger partial charge in [-0.05, 0) is 29.0 Å². The van der Waals surface area contributed by atoms with E-state index in [1.54, 1.807) is 18.2 Å². The van der Waals surface area contributed by atoms with Crippen molar-refractivity contribution in [3.63, 3.8) is 0 Å². The smallest absolute Gasteiger partial charge is 0.352 e. The minimum atomic E-state index is -4.62. The molecule has 1 aliphatic heterocycles. The van der Waals surface area contributed by atoms with Crippen LogP contribution in [0.4, 0.5) is 19.0 Å². The molecule has 1 unspecified atom stereocenters. The van der Waals surface area contributed by atoms with Gasteiger partial charge in [-0.15, -0.1) is 5.10 Å². The van der Waals surface area contributed by atoms with Crippen molar-refractivity contribution in [1.29, 1.82) is 0 Å². The molecule has 148 valence electrons. The number of pyridine rings is 1. The van der Waals surface area contributed by atoms with Gasteiger partial charge in [0.25, 0.3) is 0 Å². The molecule has 13 heteroatoms. The molecule has 0 aliphatic carbocycles. The van der Waals surface area contributed by atoms with E-state index in [1.807, 2.05) is 0 Å². The quantitative estimate of drug-likeness (QED) is 0.504. The number of hydrogen-bond acceptors (Lipinski definition) is 9. The summed E-state index contributed by atoms with van der Waals surface area (Å²) in [6.45, 7) is -0.375. The molecule has 0 radical (unpaired) electrons. The largest absolute Gasteiger partial charge is 0.405 e. The molecule has 29 heavy (non-hydrogen) atoms. The van der Waals surface area contributed by atoms with Crippen LogP contribution in [0.2, 0.25) is 0 Å². The second-order valence-electron chi connectivity index (χ2n) is 6.59. The van der Waals surface area contributed by atoms with E-state index < -0.39 is 24.0 Å². The normalized spacial score (nSPS) is 19.9. The van der Waals surface area contributed by atoms with Crippen LogP contribution in [0, 0.1) is 0 Å². The second kappa shape index (κ2) is 6.18. The van der Waals surface area contributed by atoms with Gasteiger partial charge in [0.1, 0.15) is 5.69 Å². The summed E-state index contributed by atoms with van der Waals surface area (Å²) in [5, 5.41) is 14.8. The van der Waals surface area contributed by atoms with Crippen molar-refractivity contribution < 1.29 is 17.7 Å². The number of fused-ring (bicyclic) bond motifs is 1. The maximum absolute atomic E-state index is 14.2. The molecule has 4 aromatic heterocycles. The number of nitrogens with zero attached hydrogens (tertiary/aromatic N) is 9. The zero-order valence-corrected chi connectivity index (χ0v) is 14.7. The molecular formula is C16H12F3N9O. The highest BCUT2D eigenvalue weighted by Crippen LogP contribution is 2.48. The lowest BCUT2D eigenvalue weighted by atomic mass is 9.86. The van der Waals surface area contributed by atoms with Gasteiger partial charge in [0, 0.05) is 25.5 Å². The Morgan fingerprint density at radius 2 is 2.03 bits per heavy atom. The van der Waals surface area contributed by atoms with Crippen LogP contribution in [-0.4, -0.2) is 59.4 Å². The molecule has 0 aromatic carbocycles. The molecule has 0 amide bonds. The molecule has 5 rings (SSSR count). The van der Waals surface area contributed by atoms with Gasteiger partial charge in [0.15, 0.2) is 11.2 Å². The Morgan fingerprint density at radius 3 is 2.83 bits per heavy atom. The number of hydrogen-bond donors (Lipinski definition) is 0. The number of rotatable bonds is 3. The maximum atomic E-state index is 14.2. The Morgan fingerprint density at radius 1 is 1.14 bits per heavy atom. The highest BCUT2D eigenvalue weighted by Gasteiger charge is 2.63. The first-order valence-corrected chi connectivity index (χ1v) is 8.58. The molecule has 1 aliphatic rings. The fourth-order valence-electron chi connectivity index (χ4n) is 3.42. The van der Waals surface area contributed by atoms with Crippen LogP contribution >= 0.6 is 0 Å². The summed E-state index contributed by atoms with van der Waals surface area (Å²) >= 11 is 0. The first-order valence-electron chi connectivity index (χ1n) is 8.58. The van der Waals surface area contributed by atoms with E-state index in [-0.39, 0.29) is 30.3 Å². The lowest BCUT2D eigenvalue weighted by molar-refractivity contribution is -0.191. The Labute approximate surface area is 160 Å². The Kier molecular flexibility index (Phi) is 3.72. The topological polar surface area (TPSA) is 111 Å². The van der Waals surface area contributed by atoms with Crippen LogP contribution < -0.4 is 4.90 Å². The van der Waals surface area contributed by atoms with E-state index in [0.717, 1.165) is 0 Å². The molecule has 10 nitrogen and oxygen atoms in total. The predicted molar refractivity (Wildman–Crippen MR) is 90.7 cm³/mol. The summed E-state index contributed by atoms with van der Waals surface area (Å²) in [5.74, 6) is -0.239. The van der Waals surface area contributed by atoms with Gasteiger partial charge in [-0.3, -0.25) is 4.98 Å². The molecule has 4 aromatic rings. The Bertz CT molecular complexity index is 1160. The summed E-state index contributed by atoms with van der Waals surface area (Å²) in [6, 6.07) is 4.97. The van der Waals surface area contributed by atoms with Gasteiger partial charge in [-0.25, -0.2) is 4.98 Å². The fraction of sp³-hybridized carbons (Fsp3) is 0.312. The molecule has 1 saturated heterocycles. The van der Waals surface area contributed by atoms with Crippen LogP contribution in [-0.2, 0) is 5.41 Å². The molecule has 0 spiro atoms. The van der Waals surface area contributed by atoms with Crippen molar-refractivity contribution in [2.75, 3.05) is 18.0 Å². The van der Waals surface area contributed by atoms with Crippen molar-refractivity contribution in [2.24, 2.45) is 0 Å². The van der Waals surface area contributed by atoms with Crippen LogP contribution in [0.25, 0.3) is 17.2 Å². The van der Waals surface area contributed by atoms with Crippen molar-refractivity contribution in [1.82, 2.24) is 40.1 Å². The molecular weight excluding hydrogens is 391 g/mol. The lowest BCUT2D eigenvalue weighted by Gasteiger charge is -2.28. The second-order valence-corrected chi connectivity index (χ2v) is 6.59. The number of anilines is 1.